The molecule has 7 nitrogen and oxygen atoms in total. The van der Waals surface area contributed by atoms with Crippen LogP contribution in [0, 0.1) is 5.82 Å². The van der Waals surface area contributed by atoms with Crippen molar-refractivity contribution >= 4 is 33.1 Å². The number of piperidine rings is 1. The summed E-state index contributed by atoms with van der Waals surface area (Å²) in [6.45, 7) is 0.00646. The van der Waals surface area contributed by atoms with Crippen molar-refractivity contribution in [3.8, 4) is 0 Å². The summed E-state index contributed by atoms with van der Waals surface area (Å²) in [6.07, 6.45) is 4.20. The van der Waals surface area contributed by atoms with Crippen LogP contribution in [0.25, 0.3) is 5.52 Å². The molecular weight excluding hydrogens is 400 g/mol. The molecule has 11 heteroatoms. The van der Waals surface area contributed by atoms with Crippen molar-refractivity contribution in [2.24, 2.45) is 0 Å². The molecule has 27 heavy (non-hydrogen) atoms. The van der Waals surface area contributed by atoms with Crippen molar-refractivity contribution < 1.29 is 17.2 Å². The number of aromatic nitrogens is 3. The molecule has 0 aromatic carbocycles. The molecule has 1 aliphatic carbocycles. The van der Waals surface area contributed by atoms with Gasteiger partial charge in [-0.25, -0.2) is 26.7 Å². The van der Waals surface area contributed by atoms with Gasteiger partial charge < -0.3 is 5.32 Å². The molecule has 0 unspecified atom stereocenters. The second kappa shape index (κ2) is 6.82. The molecule has 1 saturated carbocycles. The SMILES string of the molecule is CS(=O)(=O)N1CC[C@@H](Nc2ncc3c(F)c(Cl)c(C4CCC4)n3n2)[C@H](F)C1. The number of sulfonamides is 1. The number of nitrogens with zero attached hydrogens (tertiary/aromatic N) is 4. The van der Waals surface area contributed by atoms with Gasteiger partial charge in [-0.15, -0.1) is 5.10 Å². The van der Waals surface area contributed by atoms with Gasteiger partial charge in [0, 0.05) is 19.0 Å². The molecule has 1 aliphatic heterocycles. The summed E-state index contributed by atoms with van der Waals surface area (Å²) in [5, 5.41) is 7.31. The third-order valence-corrected chi connectivity index (χ3v) is 7.01. The van der Waals surface area contributed by atoms with Crippen molar-refractivity contribution in [3.05, 3.63) is 22.7 Å². The number of hydrogen-bond acceptors (Lipinski definition) is 5. The number of nitrogens with one attached hydrogen (secondary N) is 1. The average Bonchev–Trinajstić information content (AvgIpc) is 2.79. The second-order valence-corrected chi connectivity index (χ2v) is 9.56. The Morgan fingerprint density at radius 1 is 1.33 bits per heavy atom. The third kappa shape index (κ3) is 3.38. The Morgan fingerprint density at radius 3 is 2.67 bits per heavy atom. The minimum absolute atomic E-state index is 0.0657. The van der Waals surface area contributed by atoms with Gasteiger partial charge in [0.05, 0.1) is 24.2 Å². The fourth-order valence-corrected chi connectivity index (χ4v) is 4.79. The van der Waals surface area contributed by atoms with E-state index < -0.39 is 28.1 Å². The van der Waals surface area contributed by atoms with Gasteiger partial charge in [0.25, 0.3) is 0 Å². The van der Waals surface area contributed by atoms with Gasteiger partial charge in [0.15, 0.2) is 5.82 Å². The standard InChI is InChI=1S/C16H20ClF2N5O2S/c1-27(25,26)23-6-5-11(10(18)8-23)21-16-20-7-12-14(19)13(17)15(24(12)22-16)9-3-2-4-9/h7,9-11H,2-6,8H2,1H3,(H,21,22)/t10-,11-/m1/s1. The Kier molecular flexibility index (Phi) is 4.76. The summed E-state index contributed by atoms with van der Waals surface area (Å²) in [6, 6.07) is -0.622. The Labute approximate surface area is 160 Å². The molecular formula is C16H20ClF2N5O2S. The molecule has 2 aromatic heterocycles. The molecule has 0 bridgehead atoms. The van der Waals surface area contributed by atoms with E-state index in [1.54, 1.807) is 0 Å². The van der Waals surface area contributed by atoms with Crippen LogP contribution in [0.15, 0.2) is 6.20 Å². The lowest BCUT2D eigenvalue weighted by Gasteiger charge is -2.33. The van der Waals surface area contributed by atoms with Gasteiger partial charge >= 0.3 is 0 Å². The normalized spacial score (nSPS) is 24.9. The van der Waals surface area contributed by atoms with Crippen LogP contribution in [0.3, 0.4) is 0 Å². The van der Waals surface area contributed by atoms with Gasteiger partial charge in [0.2, 0.25) is 16.0 Å². The van der Waals surface area contributed by atoms with Crippen LogP contribution in [0.2, 0.25) is 5.02 Å². The average molecular weight is 420 g/mol. The van der Waals surface area contributed by atoms with Gasteiger partial charge in [-0.05, 0) is 19.3 Å². The van der Waals surface area contributed by atoms with E-state index in [1.807, 2.05) is 0 Å². The quantitative estimate of drug-likeness (QED) is 0.823. The van der Waals surface area contributed by atoms with E-state index in [1.165, 1.54) is 10.7 Å². The summed E-state index contributed by atoms with van der Waals surface area (Å²) in [5.41, 5.74) is 0.820. The minimum atomic E-state index is -3.42. The van der Waals surface area contributed by atoms with Crippen molar-refractivity contribution in [1.29, 1.82) is 0 Å². The summed E-state index contributed by atoms with van der Waals surface area (Å²) >= 11 is 6.16. The highest BCUT2D eigenvalue weighted by molar-refractivity contribution is 7.88. The summed E-state index contributed by atoms with van der Waals surface area (Å²) in [5.74, 6) is -0.227. The topological polar surface area (TPSA) is 79.6 Å². The van der Waals surface area contributed by atoms with Crippen molar-refractivity contribution in [2.45, 2.75) is 43.8 Å². The van der Waals surface area contributed by atoms with Crippen molar-refractivity contribution in [2.75, 3.05) is 24.7 Å². The maximum Gasteiger partial charge on any atom is 0.241 e. The molecule has 3 heterocycles. The number of halogens is 3. The Bertz CT molecular complexity index is 979. The van der Waals surface area contributed by atoms with Crippen LogP contribution < -0.4 is 5.32 Å². The van der Waals surface area contributed by atoms with Crippen LogP contribution in [0.1, 0.15) is 37.3 Å². The number of alkyl halides is 1. The first-order valence-electron chi connectivity index (χ1n) is 8.84. The van der Waals surface area contributed by atoms with Crippen LogP contribution in [0.4, 0.5) is 14.7 Å². The monoisotopic (exact) mass is 419 g/mol. The number of hydrogen-bond donors (Lipinski definition) is 1. The first kappa shape index (κ1) is 18.8. The molecule has 0 spiro atoms. The number of fused-ring (bicyclic) bond motifs is 1. The zero-order valence-electron chi connectivity index (χ0n) is 14.7. The lowest BCUT2D eigenvalue weighted by Crippen LogP contribution is -2.49. The summed E-state index contributed by atoms with van der Waals surface area (Å²) < 4.78 is 54.6. The number of anilines is 1. The predicted molar refractivity (Wildman–Crippen MR) is 97.9 cm³/mol. The van der Waals surface area contributed by atoms with E-state index in [2.05, 4.69) is 15.4 Å². The molecule has 2 atom stereocenters. The largest absolute Gasteiger partial charge is 0.347 e. The molecule has 4 rings (SSSR count). The molecule has 0 amide bonds. The van der Waals surface area contributed by atoms with E-state index in [9.17, 15) is 17.2 Å². The van der Waals surface area contributed by atoms with E-state index in [4.69, 9.17) is 11.6 Å². The van der Waals surface area contributed by atoms with E-state index in [0.717, 1.165) is 29.8 Å². The first-order valence-corrected chi connectivity index (χ1v) is 11.1. The maximum atomic E-state index is 14.5. The highest BCUT2D eigenvalue weighted by Crippen LogP contribution is 2.42. The molecule has 148 valence electrons. The zero-order valence-corrected chi connectivity index (χ0v) is 16.3. The van der Waals surface area contributed by atoms with Crippen LogP contribution in [0.5, 0.6) is 0 Å². The molecule has 2 aromatic rings. The Morgan fingerprint density at radius 2 is 2.07 bits per heavy atom. The summed E-state index contributed by atoms with van der Waals surface area (Å²) in [4.78, 5) is 4.08. The predicted octanol–water partition coefficient (Wildman–Crippen LogP) is 2.57. The number of rotatable bonds is 4. The highest BCUT2D eigenvalue weighted by atomic mass is 35.5. The molecule has 2 fully saturated rings. The molecule has 1 N–H and O–H groups in total. The molecule has 0 radical (unpaired) electrons. The van der Waals surface area contributed by atoms with Gasteiger partial charge in [-0.3, -0.25) is 0 Å². The van der Waals surface area contributed by atoms with Crippen LogP contribution >= 0.6 is 11.6 Å². The lowest BCUT2D eigenvalue weighted by atomic mass is 9.83. The second-order valence-electron chi connectivity index (χ2n) is 7.20. The molecule has 2 aliphatic rings. The lowest BCUT2D eigenvalue weighted by molar-refractivity contribution is 0.186. The smallest absolute Gasteiger partial charge is 0.241 e. The van der Waals surface area contributed by atoms with Crippen LogP contribution in [-0.4, -0.2) is 58.9 Å². The van der Waals surface area contributed by atoms with E-state index >= 15 is 0 Å². The third-order valence-electron chi connectivity index (χ3n) is 5.38. The van der Waals surface area contributed by atoms with E-state index in [0.29, 0.717) is 5.69 Å². The fraction of sp³-hybridized carbons (Fsp3) is 0.625. The van der Waals surface area contributed by atoms with Gasteiger partial charge in [0.1, 0.15) is 16.7 Å². The van der Waals surface area contributed by atoms with E-state index in [-0.39, 0.29) is 41.9 Å². The Hall–Kier alpha value is -1.52. The summed E-state index contributed by atoms with van der Waals surface area (Å²) in [7, 11) is -3.42. The van der Waals surface area contributed by atoms with Gasteiger partial charge in [-0.2, -0.15) is 4.31 Å². The van der Waals surface area contributed by atoms with Crippen molar-refractivity contribution in [1.82, 2.24) is 18.9 Å². The molecule has 1 saturated heterocycles. The minimum Gasteiger partial charge on any atom is -0.347 e. The fourth-order valence-electron chi connectivity index (χ4n) is 3.61. The zero-order chi connectivity index (χ0) is 19.3. The Balaban J connectivity index is 1.58. The maximum absolute atomic E-state index is 14.5. The van der Waals surface area contributed by atoms with Gasteiger partial charge in [-0.1, -0.05) is 18.0 Å². The van der Waals surface area contributed by atoms with Crippen molar-refractivity contribution in [3.63, 3.8) is 0 Å². The van der Waals surface area contributed by atoms with Crippen LogP contribution in [-0.2, 0) is 10.0 Å². The highest BCUT2D eigenvalue weighted by Gasteiger charge is 2.34. The first-order chi connectivity index (χ1) is 12.8.